The highest BCUT2D eigenvalue weighted by atomic mass is 79.9. The van der Waals surface area contributed by atoms with E-state index in [9.17, 15) is 4.79 Å². The van der Waals surface area contributed by atoms with Gasteiger partial charge in [-0.05, 0) is 58.2 Å². The molecule has 0 aliphatic rings. The van der Waals surface area contributed by atoms with Crippen LogP contribution in [0, 0.1) is 6.92 Å². The number of nitrogens with one attached hydrogen (secondary N) is 1. The van der Waals surface area contributed by atoms with Crippen LogP contribution in [-0.2, 0) is 6.61 Å². The van der Waals surface area contributed by atoms with Crippen LogP contribution in [0.2, 0.25) is 0 Å². The minimum absolute atomic E-state index is 0.0224. The second kappa shape index (κ2) is 5.99. The van der Waals surface area contributed by atoms with Crippen molar-refractivity contribution in [2.24, 2.45) is 0 Å². The molecule has 0 unspecified atom stereocenters. The van der Waals surface area contributed by atoms with Gasteiger partial charge in [0.05, 0.1) is 12.3 Å². The van der Waals surface area contributed by atoms with E-state index in [2.05, 4.69) is 21.2 Å². The van der Waals surface area contributed by atoms with Gasteiger partial charge in [0.15, 0.2) is 0 Å². The quantitative estimate of drug-likeness (QED) is 0.909. The third-order valence-corrected chi connectivity index (χ3v) is 3.43. The summed E-state index contributed by atoms with van der Waals surface area (Å²) in [6.45, 7) is 1.97. The van der Waals surface area contributed by atoms with E-state index in [1.54, 1.807) is 24.3 Å². The molecule has 0 saturated carbocycles. The molecule has 2 aromatic carbocycles. The number of hydrogen-bond donors (Lipinski definition) is 2. The van der Waals surface area contributed by atoms with Crippen molar-refractivity contribution in [3.8, 4) is 0 Å². The highest BCUT2D eigenvalue weighted by molar-refractivity contribution is 9.10. The summed E-state index contributed by atoms with van der Waals surface area (Å²) in [5.74, 6) is -0.172. The lowest BCUT2D eigenvalue weighted by atomic mass is 10.1. The van der Waals surface area contributed by atoms with Crippen molar-refractivity contribution in [1.29, 1.82) is 0 Å². The van der Waals surface area contributed by atoms with Gasteiger partial charge in [-0.15, -0.1) is 0 Å². The van der Waals surface area contributed by atoms with E-state index in [4.69, 9.17) is 5.11 Å². The summed E-state index contributed by atoms with van der Waals surface area (Å²) >= 11 is 3.42. The number of carbonyl (C=O) groups is 1. The fourth-order valence-corrected chi connectivity index (χ4v) is 2.27. The summed E-state index contributed by atoms with van der Waals surface area (Å²) in [6.07, 6.45) is 0. The summed E-state index contributed by atoms with van der Waals surface area (Å²) in [5.41, 5.74) is 3.21. The molecule has 0 bridgehead atoms. The fourth-order valence-electron chi connectivity index (χ4n) is 1.68. The van der Waals surface area contributed by atoms with Crippen molar-refractivity contribution in [3.05, 3.63) is 63.6 Å². The number of amides is 1. The molecular weight excluding hydrogens is 306 g/mol. The number of aliphatic hydroxyl groups excluding tert-OH is 1. The molecule has 0 heterocycles. The number of hydrogen-bond acceptors (Lipinski definition) is 2. The monoisotopic (exact) mass is 319 g/mol. The topological polar surface area (TPSA) is 49.3 Å². The van der Waals surface area contributed by atoms with Crippen molar-refractivity contribution >= 4 is 27.5 Å². The highest BCUT2D eigenvalue weighted by Gasteiger charge is 2.08. The summed E-state index contributed by atoms with van der Waals surface area (Å²) in [4.78, 5) is 12.1. The minimum Gasteiger partial charge on any atom is -0.392 e. The molecule has 19 heavy (non-hydrogen) atoms. The molecule has 0 saturated heterocycles. The second-order valence-electron chi connectivity index (χ2n) is 4.29. The first kappa shape index (κ1) is 13.8. The van der Waals surface area contributed by atoms with Gasteiger partial charge in [0.1, 0.15) is 0 Å². The van der Waals surface area contributed by atoms with Crippen LogP contribution in [0.3, 0.4) is 0 Å². The first-order valence-electron chi connectivity index (χ1n) is 5.87. The van der Waals surface area contributed by atoms with Gasteiger partial charge in [0, 0.05) is 10.0 Å². The third-order valence-electron chi connectivity index (χ3n) is 2.77. The average molecular weight is 320 g/mol. The van der Waals surface area contributed by atoms with Crippen molar-refractivity contribution in [3.63, 3.8) is 0 Å². The Labute approximate surface area is 120 Å². The molecule has 2 rings (SSSR count). The molecule has 1 amide bonds. The Morgan fingerprint density at radius 1 is 1.21 bits per heavy atom. The number of aryl methyl sites for hydroxylation is 1. The predicted octanol–water partition coefficient (Wildman–Crippen LogP) is 3.50. The first-order chi connectivity index (χ1) is 9.10. The fraction of sp³-hybridized carbons (Fsp3) is 0.133. The smallest absolute Gasteiger partial charge is 0.255 e. The van der Waals surface area contributed by atoms with E-state index in [1.165, 1.54) is 0 Å². The lowest BCUT2D eigenvalue weighted by molar-refractivity contribution is 0.102. The molecule has 3 nitrogen and oxygen atoms in total. The number of anilines is 1. The van der Waals surface area contributed by atoms with Crippen molar-refractivity contribution in [1.82, 2.24) is 0 Å². The van der Waals surface area contributed by atoms with Crippen molar-refractivity contribution in [2.45, 2.75) is 13.5 Å². The lowest BCUT2D eigenvalue weighted by Crippen LogP contribution is -2.12. The molecular formula is C15H14BrNO2. The maximum atomic E-state index is 12.1. The number of rotatable bonds is 3. The molecule has 0 atom stereocenters. The molecule has 0 spiro atoms. The second-order valence-corrected chi connectivity index (χ2v) is 5.15. The maximum Gasteiger partial charge on any atom is 0.255 e. The van der Waals surface area contributed by atoms with E-state index in [-0.39, 0.29) is 12.5 Å². The van der Waals surface area contributed by atoms with Gasteiger partial charge in [-0.3, -0.25) is 4.79 Å². The zero-order chi connectivity index (χ0) is 13.8. The van der Waals surface area contributed by atoms with Gasteiger partial charge in [-0.25, -0.2) is 0 Å². The Kier molecular flexibility index (Phi) is 4.35. The number of aliphatic hydroxyl groups is 1. The molecule has 4 heteroatoms. The summed E-state index contributed by atoms with van der Waals surface area (Å²) < 4.78 is 0.854. The Bertz CT molecular complexity index is 594. The van der Waals surface area contributed by atoms with Gasteiger partial charge < -0.3 is 10.4 Å². The van der Waals surface area contributed by atoms with E-state index in [0.717, 1.165) is 21.3 Å². The van der Waals surface area contributed by atoms with E-state index in [0.29, 0.717) is 5.56 Å². The molecule has 0 aliphatic carbocycles. The van der Waals surface area contributed by atoms with Gasteiger partial charge >= 0.3 is 0 Å². The van der Waals surface area contributed by atoms with Gasteiger partial charge in [-0.2, -0.15) is 0 Å². The van der Waals surface area contributed by atoms with Crippen LogP contribution in [0.15, 0.2) is 46.9 Å². The van der Waals surface area contributed by atoms with Crippen LogP contribution in [-0.4, -0.2) is 11.0 Å². The Hall–Kier alpha value is -1.65. The maximum absolute atomic E-state index is 12.1. The molecule has 98 valence electrons. The van der Waals surface area contributed by atoms with Crippen molar-refractivity contribution < 1.29 is 9.90 Å². The lowest BCUT2D eigenvalue weighted by Gasteiger charge is -2.08. The third kappa shape index (κ3) is 3.43. The van der Waals surface area contributed by atoms with Crippen LogP contribution in [0.25, 0.3) is 0 Å². The van der Waals surface area contributed by atoms with Crippen LogP contribution in [0.1, 0.15) is 21.5 Å². The normalized spacial score (nSPS) is 10.3. The highest BCUT2D eigenvalue weighted by Crippen LogP contribution is 2.23. The standard InChI is InChI=1S/C15H14BrNO2/c1-10-2-7-14(13(16)8-10)17-15(19)12-5-3-11(9-18)4-6-12/h2-8,18H,9H2,1H3,(H,17,19). The van der Waals surface area contributed by atoms with Crippen LogP contribution in [0.5, 0.6) is 0 Å². The van der Waals surface area contributed by atoms with Gasteiger partial charge in [-0.1, -0.05) is 18.2 Å². The zero-order valence-electron chi connectivity index (χ0n) is 10.5. The van der Waals surface area contributed by atoms with E-state index < -0.39 is 0 Å². The first-order valence-corrected chi connectivity index (χ1v) is 6.67. The summed E-state index contributed by atoms with van der Waals surface area (Å²) in [6, 6.07) is 12.6. The molecule has 2 aromatic rings. The number of carbonyl (C=O) groups excluding carboxylic acids is 1. The molecule has 0 radical (unpaired) electrons. The average Bonchev–Trinajstić information content (AvgIpc) is 2.42. The Balaban J connectivity index is 2.15. The SMILES string of the molecule is Cc1ccc(NC(=O)c2ccc(CO)cc2)c(Br)c1. The molecule has 0 aromatic heterocycles. The van der Waals surface area contributed by atoms with E-state index >= 15 is 0 Å². The van der Waals surface area contributed by atoms with Crippen LogP contribution >= 0.6 is 15.9 Å². The van der Waals surface area contributed by atoms with Gasteiger partial charge in [0.25, 0.3) is 5.91 Å². The largest absolute Gasteiger partial charge is 0.392 e. The molecule has 0 aliphatic heterocycles. The number of halogens is 1. The number of benzene rings is 2. The van der Waals surface area contributed by atoms with E-state index in [1.807, 2.05) is 25.1 Å². The summed E-state index contributed by atoms with van der Waals surface area (Å²) in [5, 5.41) is 11.8. The van der Waals surface area contributed by atoms with Crippen LogP contribution < -0.4 is 5.32 Å². The molecule has 0 fully saturated rings. The minimum atomic E-state index is -0.172. The van der Waals surface area contributed by atoms with Gasteiger partial charge in [0.2, 0.25) is 0 Å². The Morgan fingerprint density at radius 2 is 1.89 bits per heavy atom. The Morgan fingerprint density at radius 3 is 2.47 bits per heavy atom. The zero-order valence-corrected chi connectivity index (χ0v) is 12.1. The molecule has 2 N–H and O–H groups in total. The predicted molar refractivity (Wildman–Crippen MR) is 79.2 cm³/mol. The summed E-state index contributed by atoms with van der Waals surface area (Å²) in [7, 11) is 0. The van der Waals surface area contributed by atoms with Crippen LogP contribution in [0.4, 0.5) is 5.69 Å². The van der Waals surface area contributed by atoms with Crippen molar-refractivity contribution in [2.75, 3.05) is 5.32 Å².